The van der Waals surface area contributed by atoms with Gasteiger partial charge >= 0.3 is 0 Å². The molecule has 0 fully saturated rings. The molecule has 0 rings (SSSR count). The molecule has 0 N–H and O–H groups in total. The molecule has 0 unspecified atom stereocenters. The molecule has 0 aliphatic rings. The summed E-state index contributed by atoms with van der Waals surface area (Å²) in [6, 6.07) is 0. The van der Waals surface area contributed by atoms with E-state index in [0.717, 1.165) is 0 Å². The van der Waals surface area contributed by atoms with E-state index in [2.05, 4.69) is 0 Å². The van der Waals surface area contributed by atoms with Gasteiger partial charge in [0.1, 0.15) is 0 Å². The third kappa shape index (κ3) is 6.56. The van der Waals surface area contributed by atoms with Gasteiger partial charge in [0.05, 0.1) is 11.9 Å². The van der Waals surface area contributed by atoms with Gasteiger partial charge in [-0.1, -0.05) is 26.0 Å². The van der Waals surface area contributed by atoms with Gasteiger partial charge in [-0.2, -0.15) is 0 Å². The Morgan fingerprint density at radius 2 is 1.24 bits per heavy atom. The van der Waals surface area contributed by atoms with E-state index in [1.54, 1.807) is 12.2 Å². The number of allylic oxidation sites excluding steroid dienone is 2. The lowest BCUT2D eigenvalue weighted by Crippen LogP contribution is -2.24. The van der Waals surface area contributed by atoms with E-state index in [1.165, 1.54) is 13.8 Å². The number of carbonyl (C=O) groups is 2. The molecule has 0 aliphatic carbocycles. The molecule has 0 radical (unpaired) electrons. The van der Waals surface area contributed by atoms with Crippen molar-refractivity contribution in [1.29, 1.82) is 0 Å². The molecule has 0 aromatic carbocycles. The van der Waals surface area contributed by atoms with Crippen LogP contribution in [0.3, 0.4) is 0 Å². The summed E-state index contributed by atoms with van der Waals surface area (Å²) in [7, 11) is 0. The highest BCUT2D eigenvalue weighted by Crippen LogP contribution is 2.27. The van der Waals surface area contributed by atoms with Crippen LogP contribution in [0.4, 0.5) is 0 Å². The number of carbonyl (C=O) groups excluding carboxylic acids is 2. The van der Waals surface area contributed by atoms with Crippen LogP contribution in [0, 0.1) is 5.41 Å². The highest BCUT2D eigenvalue weighted by molar-refractivity contribution is 5.84. The summed E-state index contributed by atoms with van der Waals surface area (Å²) in [4.78, 5) is 21.0. The van der Waals surface area contributed by atoms with E-state index in [1.807, 2.05) is 13.8 Å². The maximum atomic E-state index is 10.5. The normalized spacial score (nSPS) is 13.6. The molecule has 0 aliphatic heterocycles. The zero-order chi connectivity index (χ0) is 13.6. The third-order valence-electron chi connectivity index (χ3n) is 2.57. The molecule has 0 atom stereocenters. The van der Waals surface area contributed by atoms with Crippen molar-refractivity contribution in [2.45, 2.75) is 40.5 Å². The predicted molar refractivity (Wildman–Crippen MR) is 60.5 cm³/mol. The van der Waals surface area contributed by atoms with Gasteiger partial charge in [0.2, 0.25) is 0 Å². The van der Waals surface area contributed by atoms with Gasteiger partial charge in [-0.3, -0.25) is 0 Å². The van der Waals surface area contributed by atoms with Crippen LogP contribution in [0.1, 0.15) is 40.5 Å². The fraction of sp³-hybridized carbons (Fsp3) is 0.538. The minimum Gasteiger partial charge on any atom is -0.545 e. The Morgan fingerprint density at radius 1 is 0.941 bits per heavy atom. The minimum absolute atomic E-state index is 0.193. The first-order valence-electron chi connectivity index (χ1n) is 5.42. The molecule has 0 bridgehead atoms. The van der Waals surface area contributed by atoms with E-state index in [4.69, 9.17) is 0 Å². The highest BCUT2D eigenvalue weighted by atomic mass is 16.4. The summed E-state index contributed by atoms with van der Waals surface area (Å²) in [6.45, 7) is 6.83. The molecule has 4 heteroatoms. The summed E-state index contributed by atoms with van der Waals surface area (Å²) in [5.74, 6) is -2.36. The molecule has 96 valence electrons. The zero-order valence-electron chi connectivity index (χ0n) is 10.7. The first kappa shape index (κ1) is 15.4. The van der Waals surface area contributed by atoms with Crippen LogP contribution in [-0.2, 0) is 9.59 Å². The van der Waals surface area contributed by atoms with Crippen molar-refractivity contribution in [2.75, 3.05) is 0 Å². The van der Waals surface area contributed by atoms with Crippen molar-refractivity contribution >= 4 is 11.9 Å². The largest absolute Gasteiger partial charge is 0.545 e. The van der Waals surface area contributed by atoms with Gasteiger partial charge < -0.3 is 19.8 Å². The second-order valence-corrected chi connectivity index (χ2v) is 4.92. The molecule has 4 nitrogen and oxygen atoms in total. The standard InChI is InChI=1S/C13H20O4/c1-9(11(14)15)5-7-13(3,4)8-6-10(2)12(16)17/h5-6H,7-8H2,1-4H3,(H,14,15)(H,16,17)/p-2/b9-5+,10-6+. The maximum Gasteiger partial charge on any atom is 0.0668 e. The lowest BCUT2D eigenvalue weighted by Gasteiger charge is -2.22. The fourth-order valence-electron chi connectivity index (χ4n) is 1.11. The lowest BCUT2D eigenvalue weighted by atomic mass is 9.84. The third-order valence-corrected chi connectivity index (χ3v) is 2.57. The van der Waals surface area contributed by atoms with Gasteiger partial charge in [-0.05, 0) is 43.3 Å². The average molecular weight is 238 g/mol. The predicted octanol–water partition coefficient (Wildman–Crippen LogP) is 0.185. The van der Waals surface area contributed by atoms with Crippen LogP contribution in [0.2, 0.25) is 0 Å². The first-order chi connectivity index (χ1) is 7.65. The van der Waals surface area contributed by atoms with E-state index >= 15 is 0 Å². The van der Waals surface area contributed by atoms with Crippen molar-refractivity contribution < 1.29 is 19.8 Å². The van der Waals surface area contributed by atoms with Crippen molar-refractivity contribution in [2.24, 2.45) is 5.41 Å². The fourth-order valence-corrected chi connectivity index (χ4v) is 1.11. The molecule has 0 saturated heterocycles. The molecule has 0 heterocycles. The Morgan fingerprint density at radius 3 is 1.47 bits per heavy atom. The number of carboxylic acid groups (broad SMARTS) is 2. The summed E-state index contributed by atoms with van der Waals surface area (Å²) < 4.78 is 0. The van der Waals surface area contributed by atoms with Gasteiger partial charge in [0.25, 0.3) is 0 Å². The maximum absolute atomic E-state index is 10.5. The van der Waals surface area contributed by atoms with Crippen LogP contribution < -0.4 is 10.2 Å². The number of hydrogen-bond donors (Lipinski definition) is 0. The average Bonchev–Trinajstić information content (AvgIpc) is 2.22. The van der Waals surface area contributed by atoms with Crippen LogP contribution in [0.15, 0.2) is 23.3 Å². The van der Waals surface area contributed by atoms with E-state index in [0.29, 0.717) is 12.8 Å². The second-order valence-electron chi connectivity index (χ2n) is 4.92. The van der Waals surface area contributed by atoms with Crippen LogP contribution in [-0.4, -0.2) is 11.9 Å². The Bertz CT molecular complexity index is 328. The molecular formula is C13H18O4-2. The van der Waals surface area contributed by atoms with E-state index in [-0.39, 0.29) is 16.6 Å². The molecule has 0 amide bonds. The monoisotopic (exact) mass is 238 g/mol. The topological polar surface area (TPSA) is 80.3 Å². The number of carboxylic acids is 2. The molecule has 17 heavy (non-hydrogen) atoms. The number of aliphatic carboxylic acids is 2. The smallest absolute Gasteiger partial charge is 0.0668 e. The van der Waals surface area contributed by atoms with Crippen molar-refractivity contribution in [1.82, 2.24) is 0 Å². The molecule has 0 aromatic rings. The molecular weight excluding hydrogens is 220 g/mol. The Labute approximate surface area is 102 Å². The van der Waals surface area contributed by atoms with E-state index < -0.39 is 11.9 Å². The van der Waals surface area contributed by atoms with Gasteiger partial charge in [-0.15, -0.1) is 0 Å². The van der Waals surface area contributed by atoms with Crippen LogP contribution in [0.25, 0.3) is 0 Å². The zero-order valence-corrected chi connectivity index (χ0v) is 10.7. The summed E-state index contributed by atoms with van der Waals surface area (Å²) in [5, 5.41) is 21.0. The van der Waals surface area contributed by atoms with Crippen molar-refractivity contribution in [3.8, 4) is 0 Å². The second kappa shape index (κ2) is 6.23. The quantitative estimate of drug-likeness (QED) is 0.618. The van der Waals surface area contributed by atoms with Crippen LogP contribution in [0.5, 0.6) is 0 Å². The summed E-state index contributed by atoms with van der Waals surface area (Å²) in [5.41, 5.74) is 0.185. The van der Waals surface area contributed by atoms with Gasteiger partial charge in [0, 0.05) is 0 Å². The molecule has 0 spiro atoms. The van der Waals surface area contributed by atoms with Crippen molar-refractivity contribution in [3.63, 3.8) is 0 Å². The first-order valence-corrected chi connectivity index (χ1v) is 5.42. The molecule has 0 saturated carbocycles. The lowest BCUT2D eigenvalue weighted by molar-refractivity contribution is -0.300. The minimum atomic E-state index is -1.18. The number of rotatable bonds is 6. The van der Waals surface area contributed by atoms with E-state index in [9.17, 15) is 19.8 Å². The van der Waals surface area contributed by atoms with Gasteiger partial charge in [-0.25, -0.2) is 0 Å². The summed E-state index contributed by atoms with van der Waals surface area (Å²) in [6.07, 6.45) is 4.28. The van der Waals surface area contributed by atoms with Crippen LogP contribution >= 0.6 is 0 Å². The summed E-state index contributed by atoms with van der Waals surface area (Å²) >= 11 is 0. The highest BCUT2D eigenvalue weighted by Gasteiger charge is 2.14. The Hall–Kier alpha value is -1.58. The Balaban J connectivity index is 4.50. The van der Waals surface area contributed by atoms with Crippen molar-refractivity contribution in [3.05, 3.63) is 23.3 Å². The Kier molecular flexibility index (Phi) is 5.65. The van der Waals surface area contributed by atoms with Gasteiger partial charge in [0.15, 0.2) is 0 Å². The molecule has 0 aromatic heterocycles. The SMILES string of the molecule is C/C(=C\CC(C)(C)C/C=C(\C)C(=O)[O-])C(=O)[O-]. The number of hydrogen-bond acceptors (Lipinski definition) is 4.